The van der Waals surface area contributed by atoms with E-state index < -0.39 is 5.82 Å². The summed E-state index contributed by atoms with van der Waals surface area (Å²) in [6, 6.07) is 9.12. The van der Waals surface area contributed by atoms with Crippen LogP contribution in [0, 0.1) is 5.82 Å². The monoisotopic (exact) mass is 371 g/mol. The number of hydrogen-bond donors (Lipinski definition) is 1. The van der Waals surface area contributed by atoms with Gasteiger partial charge in [-0.1, -0.05) is 15.9 Å². The normalized spacial score (nSPS) is 10.4. The van der Waals surface area contributed by atoms with E-state index in [1.165, 1.54) is 18.2 Å². The van der Waals surface area contributed by atoms with E-state index in [0.29, 0.717) is 16.8 Å². The summed E-state index contributed by atoms with van der Waals surface area (Å²) in [6.07, 6.45) is 0. The Bertz CT molecular complexity index is 608. The molecule has 92 valence electrons. The number of rotatable bonds is 2. The Hall–Kier alpha value is -1.20. The van der Waals surface area contributed by atoms with Crippen LogP contribution < -0.4 is 5.73 Å². The first kappa shape index (κ1) is 13.2. The Morgan fingerprint density at radius 2 is 1.78 bits per heavy atom. The van der Waals surface area contributed by atoms with Gasteiger partial charge in [0.2, 0.25) is 0 Å². The molecule has 0 radical (unpaired) electrons. The highest BCUT2D eigenvalue weighted by Crippen LogP contribution is 2.22. The largest absolute Gasteiger partial charge is 0.399 e. The highest BCUT2D eigenvalue weighted by atomic mass is 79.9. The van der Waals surface area contributed by atoms with Crippen LogP contribution in [0.2, 0.25) is 0 Å². The third kappa shape index (κ3) is 2.79. The van der Waals surface area contributed by atoms with Crippen molar-refractivity contribution in [2.24, 2.45) is 0 Å². The lowest BCUT2D eigenvalue weighted by molar-refractivity contribution is 0.103. The van der Waals surface area contributed by atoms with Gasteiger partial charge in [-0.15, -0.1) is 0 Å². The molecule has 5 heteroatoms. The van der Waals surface area contributed by atoms with E-state index in [4.69, 9.17) is 5.73 Å². The quantitative estimate of drug-likeness (QED) is 0.635. The highest BCUT2D eigenvalue weighted by Gasteiger charge is 2.12. The fourth-order valence-corrected chi connectivity index (χ4v) is 2.44. The molecule has 0 saturated heterocycles. The Labute approximate surface area is 120 Å². The maximum atomic E-state index is 13.1. The fourth-order valence-electron chi connectivity index (χ4n) is 1.55. The molecule has 0 unspecified atom stereocenters. The van der Waals surface area contributed by atoms with Crippen LogP contribution in [0.15, 0.2) is 45.3 Å². The van der Waals surface area contributed by atoms with Crippen LogP contribution in [0.5, 0.6) is 0 Å². The zero-order valence-electron chi connectivity index (χ0n) is 9.08. The van der Waals surface area contributed by atoms with Crippen molar-refractivity contribution in [1.29, 1.82) is 0 Å². The number of ketones is 1. The number of carbonyl (C=O) groups excluding carboxylic acids is 1. The van der Waals surface area contributed by atoms with Gasteiger partial charge in [0.05, 0.1) is 4.47 Å². The Kier molecular flexibility index (Phi) is 3.82. The molecule has 18 heavy (non-hydrogen) atoms. The zero-order chi connectivity index (χ0) is 13.3. The van der Waals surface area contributed by atoms with Gasteiger partial charge in [0.1, 0.15) is 5.82 Å². The van der Waals surface area contributed by atoms with Crippen LogP contribution in [0.4, 0.5) is 10.1 Å². The molecule has 0 saturated carbocycles. The maximum absolute atomic E-state index is 13.1. The molecule has 0 atom stereocenters. The lowest BCUT2D eigenvalue weighted by Gasteiger charge is -2.04. The van der Waals surface area contributed by atoms with Crippen molar-refractivity contribution in [2.45, 2.75) is 0 Å². The second kappa shape index (κ2) is 5.20. The Morgan fingerprint density at radius 1 is 1.06 bits per heavy atom. The second-order valence-electron chi connectivity index (χ2n) is 3.73. The number of hydrogen-bond acceptors (Lipinski definition) is 2. The number of benzene rings is 2. The van der Waals surface area contributed by atoms with E-state index in [1.807, 2.05) is 0 Å². The first-order valence-electron chi connectivity index (χ1n) is 5.03. The molecular formula is C13H8Br2FNO. The maximum Gasteiger partial charge on any atom is 0.193 e. The molecule has 0 aromatic heterocycles. The van der Waals surface area contributed by atoms with Crippen molar-refractivity contribution < 1.29 is 9.18 Å². The molecule has 2 nitrogen and oxygen atoms in total. The average Bonchev–Trinajstić information content (AvgIpc) is 2.30. The summed E-state index contributed by atoms with van der Waals surface area (Å²) in [5.41, 5.74) is 7.03. The lowest BCUT2D eigenvalue weighted by atomic mass is 10.0. The van der Waals surface area contributed by atoms with Gasteiger partial charge in [-0.25, -0.2) is 4.39 Å². The first-order chi connectivity index (χ1) is 8.47. The van der Waals surface area contributed by atoms with Gasteiger partial charge >= 0.3 is 0 Å². The van der Waals surface area contributed by atoms with Crippen molar-refractivity contribution in [2.75, 3.05) is 5.73 Å². The summed E-state index contributed by atoms with van der Waals surface area (Å²) in [5, 5.41) is 0. The van der Waals surface area contributed by atoms with E-state index in [0.717, 1.165) is 4.47 Å². The van der Waals surface area contributed by atoms with Gasteiger partial charge in [-0.05, 0) is 52.3 Å². The molecule has 0 aliphatic carbocycles. The summed E-state index contributed by atoms with van der Waals surface area (Å²) in [6.45, 7) is 0. The summed E-state index contributed by atoms with van der Waals surface area (Å²) in [5.74, 6) is -0.607. The van der Waals surface area contributed by atoms with E-state index in [2.05, 4.69) is 31.9 Å². The molecule has 0 spiro atoms. The minimum atomic E-state index is -0.402. The SMILES string of the molecule is Nc1cc(Br)cc(C(=O)c2ccc(F)c(Br)c2)c1. The van der Waals surface area contributed by atoms with Crippen molar-refractivity contribution >= 4 is 43.3 Å². The second-order valence-corrected chi connectivity index (χ2v) is 5.50. The van der Waals surface area contributed by atoms with Gasteiger partial charge < -0.3 is 5.73 Å². The van der Waals surface area contributed by atoms with Crippen LogP contribution in [0.25, 0.3) is 0 Å². The molecule has 0 aliphatic heterocycles. The first-order valence-corrected chi connectivity index (χ1v) is 6.62. The van der Waals surface area contributed by atoms with Gasteiger partial charge in [0.15, 0.2) is 5.78 Å². The predicted molar refractivity (Wildman–Crippen MR) is 76.1 cm³/mol. The molecule has 2 N–H and O–H groups in total. The third-order valence-corrected chi connectivity index (χ3v) is 3.43. The molecule has 2 rings (SSSR count). The molecule has 2 aromatic rings. The number of carbonyl (C=O) groups is 1. The summed E-state index contributed by atoms with van der Waals surface area (Å²) >= 11 is 6.33. The van der Waals surface area contributed by atoms with Gasteiger partial charge in [-0.3, -0.25) is 4.79 Å². The fraction of sp³-hybridized carbons (Fsp3) is 0. The summed E-state index contributed by atoms with van der Waals surface area (Å²) in [4.78, 5) is 12.2. The van der Waals surface area contributed by atoms with Crippen LogP contribution in [-0.4, -0.2) is 5.78 Å². The molecular weight excluding hydrogens is 365 g/mol. The van der Waals surface area contributed by atoms with Gasteiger partial charge in [0, 0.05) is 21.3 Å². The van der Waals surface area contributed by atoms with E-state index in [-0.39, 0.29) is 10.3 Å². The van der Waals surface area contributed by atoms with Crippen molar-refractivity contribution in [3.63, 3.8) is 0 Å². The molecule has 0 amide bonds. The van der Waals surface area contributed by atoms with Gasteiger partial charge in [-0.2, -0.15) is 0 Å². The average molecular weight is 373 g/mol. The minimum absolute atomic E-state index is 0.205. The topological polar surface area (TPSA) is 43.1 Å². The molecule has 0 aliphatic rings. The predicted octanol–water partition coefficient (Wildman–Crippen LogP) is 4.16. The Morgan fingerprint density at radius 3 is 2.39 bits per heavy atom. The third-order valence-electron chi connectivity index (χ3n) is 2.36. The zero-order valence-corrected chi connectivity index (χ0v) is 12.3. The van der Waals surface area contributed by atoms with Crippen LogP contribution in [0.3, 0.4) is 0 Å². The lowest BCUT2D eigenvalue weighted by Crippen LogP contribution is -2.03. The van der Waals surface area contributed by atoms with Gasteiger partial charge in [0.25, 0.3) is 0 Å². The Balaban J connectivity index is 2.44. The number of anilines is 1. The van der Waals surface area contributed by atoms with Crippen molar-refractivity contribution in [3.8, 4) is 0 Å². The summed E-state index contributed by atoms with van der Waals surface area (Å²) in [7, 11) is 0. The van der Waals surface area contributed by atoms with E-state index in [1.54, 1.807) is 18.2 Å². The van der Waals surface area contributed by atoms with E-state index in [9.17, 15) is 9.18 Å². The van der Waals surface area contributed by atoms with Crippen LogP contribution in [0.1, 0.15) is 15.9 Å². The molecule has 0 fully saturated rings. The molecule has 0 heterocycles. The number of nitrogen functional groups attached to an aromatic ring is 1. The molecule has 0 bridgehead atoms. The van der Waals surface area contributed by atoms with E-state index >= 15 is 0 Å². The smallest absolute Gasteiger partial charge is 0.193 e. The standard InChI is InChI=1S/C13H8Br2FNO/c14-9-3-8(4-10(17)6-9)13(18)7-1-2-12(16)11(15)5-7/h1-6H,17H2. The molecule has 2 aromatic carbocycles. The number of nitrogens with two attached hydrogens (primary N) is 1. The van der Waals surface area contributed by atoms with Crippen LogP contribution >= 0.6 is 31.9 Å². The highest BCUT2D eigenvalue weighted by molar-refractivity contribution is 9.10. The van der Waals surface area contributed by atoms with Crippen molar-refractivity contribution in [3.05, 3.63) is 62.3 Å². The van der Waals surface area contributed by atoms with Crippen molar-refractivity contribution in [1.82, 2.24) is 0 Å². The number of halogens is 3. The van der Waals surface area contributed by atoms with Crippen LogP contribution in [-0.2, 0) is 0 Å². The minimum Gasteiger partial charge on any atom is -0.399 e. The summed E-state index contributed by atoms with van der Waals surface area (Å²) < 4.78 is 14.1.